The van der Waals surface area contributed by atoms with Gasteiger partial charge in [0.15, 0.2) is 5.96 Å². The summed E-state index contributed by atoms with van der Waals surface area (Å²) in [5.74, 6) is 0.917. The van der Waals surface area contributed by atoms with Gasteiger partial charge in [0.25, 0.3) is 0 Å². The molecule has 3 rings (SSSR count). The average Bonchev–Trinajstić information content (AvgIpc) is 3.13. The topological polar surface area (TPSA) is 47.0 Å². The first-order valence-corrected chi connectivity index (χ1v) is 10.8. The van der Waals surface area contributed by atoms with Gasteiger partial charge in [-0.25, -0.2) is 4.98 Å². The van der Waals surface area contributed by atoms with Crippen LogP contribution in [-0.4, -0.2) is 73.6 Å². The van der Waals surface area contributed by atoms with Crippen LogP contribution in [0.5, 0.6) is 0 Å². The van der Waals surface area contributed by atoms with Crippen molar-refractivity contribution in [3.63, 3.8) is 0 Å². The van der Waals surface area contributed by atoms with E-state index in [9.17, 15) is 0 Å². The first-order chi connectivity index (χ1) is 13.6. The highest BCUT2D eigenvalue weighted by Gasteiger charge is 2.21. The molecule has 1 aliphatic heterocycles. The zero-order valence-corrected chi connectivity index (χ0v) is 18.2. The van der Waals surface area contributed by atoms with Gasteiger partial charge in [0.2, 0.25) is 0 Å². The number of rotatable bonds is 6. The maximum Gasteiger partial charge on any atom is 0.193 e. The van der Waals surface area contributed by atoms with E-state index >= 15 is 0 Å². The van der Waals surface area contributed by atoms with E-state index in [1.54, 1.807) is 11.3 Å². The number of anilines is 1. The Morgan fingerprint density at radius 1 is 1.25 bits per heavy atom. The van der Waals surface area contributed by atoms with E-state index in [0.717, 1.165) is 55.9 Å². The fraction of sp³-hybridized carbons (Fsp3) is 0.524. The van der Waals surface area contributed by atoms with Gasteiger partial charge in [0.05, 0.1) is 17.2 Å². The number of aromatic nitrogens is 1. The van der Waals surface area contributed by atoms with E-state index in [2.05, 4.69) is 79.7 Å². The number of para-hydroxylation sites is 1. The zero-order chi connectivity index (χ0) is 19.9. The van der Waals surface area contributed by atoms with Crippen molar-refractivity contribution in [1.82, 2.24) is 20.1 Å². The summed E-state index contributed by atoms with van der Waals surface area (Å²) < 4.78 is 0. The Morgan fingerprint density at radius 2 is 1.96 bits per heavy atom. The highest BCUT2D eigenvalue weighted by molar-refractivity contribution is 7.09. The van der Waals surface area contributed by atoms with Gasteiger partial charge < -0.3 is 15.1 Å². The molecule has 0 aliphatic carbocycles. The number of benzene rings is 1. The Labute approximate surface area is 172 Å². The van der Waals surface area contributed by atoms with Crippen LogP contribution in [0.15, 0.2) is 40.7 Å². The molecule has 152 valence electrons. The van der Waals surface area contributed by atoms with Crippen LogP contribution in [0.2, 0.25) is 0 Å². The summed E-state index contributed by atoms with van der Waals surface area (Å²) in [6.45, 7) is 10.3. The molecule has 0 saturated carbocycles. The van der Waals surface area contributed by atoms with E-state index in [-0.39, 0.29) is 0 Å². The van der Waals surface area contributed by atoms with Crippen molar-refractivity contribution in [1.29, 1.82) is 0 Å². The fourth-order valence-corrected chi connectivity index (χ4v) is 4.22. The lowest BCUT2D eigenvalue weighted by Crippen LogP contribution is -2.53. The van der Waals surface area contributed by atoms with Crippen LogP contribution in [0.3, 0.4) is 0 Å². The summed E-state index contributed by atoms with van der Waals surface area (Å²) in [5.41, 5.74) is 2.42. The van der Waals surface area contributed by atoms with Crippen LogP contribution in [0.4, 0.5) is 5.69 Å². The van der Waals surface area contributed by atoms with E-state index in [1.165, 1.54) is 5.69 Å². The Kier molecular flexibility index (Phi) is 7.28. The molecule has 7 heteroatoms. The molecule has 0 bridgehead atoms. The minimum atomic E-state index is 0.463. The van der Waals surface area contributed by atoms with Gasteiger partial charge in [0.1, 0.15) is 0 Å². The third-order valence-corrected chi connectivity index (χ3v) is 6.08. The molecule has 2 aromatic rings. The predicted octanol–water partition coefficient (Wildman–Crippen LogP) is 2.67. The van der Waals surface area contributed by atoms with E-state index < -0.39 is 0 Å². The number of nitrogens with zero attached hydrogens (tertiary/aromatic N) is 5. The molecule has 0 amide bonds. The molecule has 1 fully saturated rings. The van der Waals surface area contributed by atoms with Crippen LogP contribution >= 0.6 is 11.3 Å². The maximum absolute atomic E-state index is 4.55. The maximum atomic E-state index is 4.55. The fourth-order valence-electron chi connectivity index (χ4n) is 3.61. The molecule has 2 heterocycles. The summed E-state index contributed by atoms with van der Waals surface area (Å²) >= 11 is 1.69. The van der Waals surface area contributed by atoms with Crippen molar-refractivity contribution < 1.29 is 0 Å². The van der Waals surface area contributed by atoms with Gasteiger partial charge in [0, 0.05) is 63.9 Å². The summed E-state index contributed by atoms with van der Waals surface area (Å²) in [6, 6.07) is 11.2. The third-order valence-electron chi connectivity index (χ3n) is 5.25. The van der Waals surface area contributed by atoms with Gasteiger partial charge in [-0.05, 0) is 26.0 Å². The molecule has 1 saturated heterocycles. The van der Waals surface area contributed by atoms with Gasteiger partial charge in [-0.1, -0.05) is 18.2 Å². The largest absolute Gasteiger partial charge is 0.369 e. The van der Waals surface area contributed by atoms with Crippen molar-refractivity contribution >= 4 is 23.0 Å². The minimum absolute atomic E-state index is 0.463. The molecular formula is C21H32N6S. The Hall–Kier alpha value is -2.12. The summed E-state index contributed by atoms with van der Waals surface area (Å²) in [7, 11) is 3.90. The molecule has 1 aromatic carbocycles. The SMILES string of the molecule is CN=C(NCC(C)N1CCN(c2ccccc2)CC1)N(C)Cc1csc(C)n1. The molecule has 1 unspecified atom stereocenters. The van der Waals surface area contributed by atoms with Crippen LogP contribution in [-0.2, 0) is 6.54 Å². The van der Waals surface area contributed by atoms with Crippen molar-refractivity contribution in [3.8, 4) is 0 Å². The second-order valence-electron chi connectivity index (χ2n) is 7.35. The molecule has 0 spiro atoms. The number of aryl methyl sites for hydroxylation is 1. The first kappa shape index (κ1) is 20.6. The lowest BCUT2D eigenvalue weighted by Gasteiger charge is -2.39. The lowest BCUT2D eigenvalue weighted by molar-refractivity contribution is 0.196. The van der Waals surface area contributed by atoms with Crippen molar-refractivity contribution in [3.05, 3.63) is 46.4 Å². The smallest absolute Gasteiger partial charge is 0.193 e. The molecular weight excluding hydrogens is 368 g/mol. The summed E-state index contributed by atoms with van der Waals surface area (Å²) in [6.07, 6.45) is 0. The third kappa shape index (κ3) is 5.45. The number of nitrogens with one attached hydrogen (secondary N) is 1. The highest BCUT2D eigenvalue weighted by Crippen LogP contribution is 2.16. The molecule has 1 N–H and O–H groups in total. The standard InChI is InChI=1S/C21H32N6S/c1-17(26-10-12-27(13-11-26)20-8-6-5-7-9-20)14-23-21(22-3)25(4)15-19-16-28-18(2)24-19/h5-9,16-17H,10-15H2,1-4H3,(H,22,23). The molecule has 1 atom stereocenters. The second kappa shape index (κ2) is 9.89. The highest BCUT2D eigenvalue weighted by atomic mass is 32.1. The van der Waals surface area contributed by atoms with Crippen molar-refractivity contribution in [2.45, 2.75) is 26.4 Å². The summed E-state index contributed by atoms with van der Waals surface area (Å²) in [4.78, 5) is 16.2. The minimum Gasteiger partial charge on any atom is -0.369 e. The Morgan fingerprint density at radius 3 is 2.57 bits per heavy atom. The molecule has 1 aliphatic rings. The predicted molar refractivity (Wildman–Crippen MR) is 119 cm³/mol. The van der Waals surface area contributed by atoms with E-state index in [0.29, 0.717) is 6.04 Å². The number of hydrogen-bond donors (Lipinski definition) is 1. The van der Waals surface area contributed by atoms with Crippen LogP contribution < -0.4 is 10.2 Å². The van der Waals surface area contributed by atoms with Crippen LogP contribution in [0.1, 0.15) is 17.6 Å². The lowest BCUT2D eigenvalue weighted by atomic mass is 10.2. The second-order valence-corrected chi connectivity index (χ2v) is 8.41. The number of thiazole rings is 1. The normalized spacial score (nSPS) is 16.9. The van der Waals surface area contributed by atoms with Gasteiger partial charge in [-0.15, -0.1) is 11.3 Å². The van der Waals surface area contributed by atoms with Crippen LogP contribution in [0.25, 0.3) is 0 Å². The molecule has 6 nitrogen and oxygen atoms in total. The Bertz CT molecular complexity index is 751. The average molecular weight is 401 g/mol. The molecule has 1 aromatic heterocycles. The number of guanidine groups is 1. The van der Waals surface area contributed by atoms with Crippen LogP contribution in [0, 0.1) is 6.92 Å². The summed E-state index contributed by atoms with van der Waals surface area (Å²) in [5, 5.41) is 6.76. The van der Waals surface area contributed by atoms with Gasteiger partial charge >= 0.3 is 0 Å². The van der Waals surface area contributed by atoms with Gasteiger partial charge in [-0.3, -0.25) is 9.89 Å². The molecule has 28 heavy (non-hydrogen) atoms. The van der Waals surface area contributed by atoms with Crippen molar-refractivity contribution in [2.24, 2.45) is 4.99 Å². The van der Waals surface area contributed by atoms with Crippen molar-refractivity contribution in [2.75, 3.05) is 51.7 Å². The Balaban J connectivity index is 1.44. The number of hydrogen-bond acceptors (Lipinski definition) is 5. The zero-order valence-electron chi connectivity index (χ0n) is 17.4. The van der Waals surface area contributed by atoms with Gasteiger partial charge in [-0.2, -0.15) is 0 Å². The first-order valence-electron chi connectivity index (χ1n) is 9.93. The molecule has 0 radical (unpaired) electrons. The van der Waals surface area contributed by atoms with E-state index in [4.69, 9.17) is 0 Å². The van der Waals surface area contributed by atoms with E-state index in [1.807, 2.05) is 14.0 Å². The number of piperazine rings is 1. The quantitative estimate of drug-likeness (QED) is 0.597. The monoisotopic (exact) mass is 400 g/mol. The number of aliphatic imine (C=N–C) groups is 1.